The van der Waals surface area contributed by atoms with Gasteiger partial charge in [0.1, 0.15) is 0 Å². The molecular weight excluding hydrogens is 276 g/mol. The predicted octanol–water partition coefficient (Wildman–Crippen LogP) is 4.22. The number of hydrogen-bond donors (Lipinski definition) is 1. The third-order valence-electron chi connectivity index (χ3n) is 3.22. The molecule has 0 aliphatic carbocycles. The van der Waals surface area contributed by atoms with E-state index in [1.807, 2.05) is 7.05 Å². The van der Waals surface area contributed by atoms with Crippen molar-refractivity contribution < 1.29 is 0 Å². The molecular formula is C14H17BrN2. The van der Waals surface area contributed by atoms with Gasteiger partial charge in [0.25, 0.3) is 0 Å². The number of nitrogens with one attached hydrogen (secondary N) is 1. The first kappa shape index (κ1) is 12.4. The molecule has 0 radical (unpaired) electrons. The number of aromatic nitrogens is 1. The number of halogens is 1. The van der Waals surface area contributed by atoms with Crippen LogP contribution in [0.25, 0.3) is 10.9 Å². The van der Waals surface area contributed by atoms with Crippen molar-refractivity contribution in [2.24, 2.45) is 0 Å². The number of anilines is 1. The Balaban J connectivity index is 2.97. The number of hydrogen-bond acceptors (Lipinski definition) is 2. The molecule has 0 saturated heterocycles. The third kappa shape index (κ3) is 1.93. The maximum absolute atomic E-state index is 4.79. The minimum absolute atomic E-state index is 0.961. The smallest absolute Gasteiger partial charge is 0.0766 e. The second-order valence-electron chi connectivity index (χ2n) is 4.25. The fourth-order valence-corrected chi connectivity index (χ4v) is 2.78. The molecule has 0 spiro atoms. The van der Waals surface area contributed by atoms with Crippen LogP contribution in [0, 0.1) is 13.8 Å². The molecule has 1 heterocycles. The number of pyridine rings is 1. The van der Waals surface area contributed by atoms with Gasteiger partial charge in [-0.05, 0) is 37.5 Å². The van der Waals surface area contributed by atoms with Gasteiger partial charge in [-0.25, -0.2) is 0 Å². The highest BCUT2D eigenvalue weighted by Gasteiger charge is 2.13. The molecule has 0 fully saturated rings. The van der Waals surface area contributed by atoms with Crippen LogP contribution in [0.5, 0.6) is 0 Å². The second kappa shape index (κ2) is 4.65. The average Bonchev–Trinajstić information content (AvgIpc) is 2.33. The van der Waals surface area contributed by atoms with Gasteiger partial charge < -0.3 is 5.32 Å². The van der Waals surface area contributed by atoms with Gasteiger partial charge in [-0.3, -0.25) is 4.98 Å². The lowest BCUT2D eigenvalue weighted by molar-refractivity contribution is 1.03. The summed E-state index contributed by atoms with van der Waals surface area (Å²) in [7, 11) is 1.97. The van der Waals surface area contributed by atoms with Crippen LogP contribution in [0.2, 0.25) is 0 Å². The standard InChI is InChI=1S/C14H17BrN2/c1-5-11-9(3)14(16-4)12-10(15)7-6-8(2)13(12)17-11/h6-7H,5H2,1-4H3,(H,16,17). The number of nitrogens with zero attached hydrogens (tertiary/aromatic N) is 1. The van der Waals surface area contributed by atoms with Gasteiger partial charge >= 0.3 is 0 Å². The second-order valence-corrected chi connectivity index (χ2v) is 5.10. The van der Waals surface area contributed by atoms with E-state index in [2.05, 4.69) is 54.2 Å². The molecule has 90 valence electrons. The first-order valence-electron chi connectivity index (χ1n) is 5.86. The monoisotopic (exact) mass is 292 g/mol. The zero-order chi connectivity index (χ0) is 12.6. The van der Waals surface area contributed by atoms with Crippen molar-refractivity contribution in [3.63, 3.8) is 0 Å². The normalized spacial score (nSPS) is 10.9. The highest BCUT2D eigenvalue weighted by molar-refractivity contribution is 9.10. The fourth-order valence-electron chi connectivity index (χ4n) is 2.26. The first-order chi connectivity index (χ1) is 8.10. The van der Waals surface area contributed by atoms with Crippen LogP contribution in [0.3, 0.4) is 0 Å². The zero-order valence-electron chi connectivity index (χ0n) is 10.7. The lowest BCUT2D eigenvalue weighted by Gasteiger charge is -2.15. The van der Waals surface area contributed by atoms with Crippen molar-refractivity contribution >= 4 is 32.5 Å². The molecule has 0 amide bonds. The molecule has 2 aromatic rings. The summed E-state index contributed by atoms with van der Waals surface area (Å²) in [4.78, 5) is 4.79. The summed E-state index contributed by atoms with van der Waals surface area (Å²) in [6.07, 6.45) is 0.961. The Hall–Kier alpha value is -1.09. The van der Waals surface area contributed by atoms with Crippen LogP contribution in [0.4, 0.5) is 5.69 Å². The molecule has 1 aromatic heterocycles. The Morgan fingerprint density at radius 1 is 1.29 bits per heavy atom. The maximum Gasteiger partial charge on any atom is 0.0766 e. The molecule has 1 N–H and O–H groups in total. The lowest BCUT2D eigenvalue weighted by atomic mass is 10.0. The van der Waals surface area contributed by atoms with Gasteiger partial charge in [0.2, 0.25) is 0 Å². The minimum Gasteiger partial charge on any atom is -0.387 e. The van der Waals surface area contributed by atoms with E-state index in [1.54, 1.807) is 0 Å². The Kier molecular flexibility index (Phi) is 3.38. The highest BCUT2D eigenvalue weighted by atomic mass is 79.9. The summed E-state index contributed by atoms with van der Waals surface area (Å²) in [5, 5.41) is 4.49. The fraction of sp³-hybridized carbons (Fsp3) is 0.357. The van der Waals surface area contributed by atoms with Crippen molar-refractivity contribution in [2.45, 2.75) is 27.2 Å². The van der Waals surface area contributed by atoms with Crippen molar-refractivity contribution in [2.75, 3.05) is 12.4 Å². The Labute approximate surface area is 111 Å². The molecule has 0 unspecified atom stereocenters. The van der Waals surface area contributed by atoms with Crippen LogP contribution in [-0.2, 0) is 6.42 Å². The first-order valence-corrected chi connectivity index (χ1v) is 6.65. The lowest BCUT2D eigenvalue weighted by Crippen LogP contribution is -2.02. The van der Waals surface area contributed by atoms with Gasteiger partial charge in [0.05, 0.1) is 5.52 Å². The van der Waals surface area contributed by atoms with Crippen LogP contribution in [0.15, 0.2) is 16.6 Å². The Morgan fingerprint density at radius 3 is 2.59 bits per heavy atom. The van der Waals surface area contributed by atoms with Crippen molar-refractivity contribution in [3.8, 4) is 0 Å². The summed E-state index contributed by atoms with van der Waals surface area (Å²) in [5.74, 6) is 0. The molecule has 0 aliphatic heterocycles. The third-order valence-corrected chi connectivity index (χ3v) is 3.88. The van der Waals surface area contributed by atoms with E-state index in [0.717, 1.165) is 16.4 Å². The minimum atomic E-state index is 0.961. The van der Waals surface area contributed by atoms with E-state index in [-0.39, 0.29) is 0 Å². The summed E-state index contributed by atoms with van der Waals surface area (Å²) in [6.45, 7) is 6.38. The van der Waals surface area contributed by atoms with E-state index in [4.69, 9.17) is 4.98 Å². The van der Waals surface area contributed by atoms with E-state index < -0.39 is 0 Å². The van der Waals surface area contributed by atoms with Crippen LogP contribution in [-0.4, -0.2) is 12.0 Å². The Bertz CT molecular complexity index is 576. The van der Waals surface area contributed by atoms with Crippen LogP contribution >= 0.6 is 15.9 Å². The molecule has 3 heteroatoms. The van der Waals surface area contributed by atoms with Gasteiger partial charge in [0.15, 0.2) is 0 Å². The molecule has 2 rings (SSSR count). The summed E-state index contributed by atoms with van der Waals surface area (Å²) >= 11 is 3.62. The number of rotatable bonds is 2. The predicted molar refractivity (Wildman–Crippen MR) is 77.8 cm³/mol. The van der Waals surface area contributed by atoms with Gasteiger partial charge in [-0.2, -0.15) is 0 Å². The molecule has 17 heavy (non-hydrogen) atoms. The van der Waals surface area contributed by atoms with Gasteiger partial charge in [0, 0.05) is 28.3 Å². The number of aryl methyl sites for hydroxylation is 2. The summed E-state index contributed by atoms with van der Waals surface area (Å²) in [6, 6.07) is 4.19. The zero-order valence-corrected chi connectivity index (χ0v) is 12.3. The largest absolute Gasteiger partial charge is 0.387 e. The SMILES string of the molecule is CCc1nc2c(C)ccc(Br)c2c(NC)c1C. The molecule has 1 aromatic carbocycles. The topological polar surface area (TPSA) is 24.9 Å². The molecule has 0 saturated carbocycles. The van der Waals surface area contributed by atoms with Crippen molar-refractivity contribution in [1.82, 2.24) is 4.98 Å². The number of fused-ring (bicyclic) bond motifs is 1. The van der Waals surface area contributed by atoms with Crippen LogP contribution in [0.1, 0.15) is 23.7 Å². The van der Waals surface area contributed by atoms with Crippen molar-refractivity contribution in [1.29, 1.82) is 0 Å². The van der Waals surface area contributed by atoms with E-state index >= 15 is 0 Å². The van der Waals surface area contributed by atoms with Crippen LogP contribution < -0.4 is 5.32 Å². The van der Waals surface area contributed by atoms with Gasteiger partial charge in [-0.1, -0.05) is 28.9 Å². The quantitative estimate of drug-likeness (QED) is 0.896. The van der Waals surface area contributed by atoms with Crippen molar-refractivity contribution in [3.05, 3.63) is 33.4 Å². The van der Waals surface area contributed by atoms with E-state index in [9.17, 15) is 0 Å². The molecule has 2 nitrogen and oxygen atoms in total. The maximum atomic E-state index is 4.79. The molecule has 0 atom stereocenters. The highest BCUT2D eigenvalue weighted by Crippen LogP contribution is 2.35. The van der Waals surface area contributed by atoms with E-state index in [1.165, 1.54) is 27.9 Å². The number of benzene rings is 1. The molecule has 0 aliphatic rings. The molecule has 0 bridgehead atoms. The summed E-state index contributed by atoms with van der Waals surface area (Å²) < 4.78 is 1.10. The summed E-state index contributed by atoms with van der Waals surface area (Å²) in [5.41, 5.74) is 5.90. The van der Waals surface area contributed by atoms with Gasteiger partial charge in [-0.15, -0.1) is 0 Å². The Morgan fingerprint density at radius 2 is 2.00 bits per heavy atom. The van der Waals surface area contributed by atoms with E-state index in [0.29, 0.717) is 0 Å². The average molecular weight is 293 g/mol.